The van der Waals surface area contributed by atoms with Crippen LogP contribution in [0.1, 0.15) is 24.6 Å². The Labute approximate surface area is 326 Å². The third-order valence-corrected chi connectivity index (χ3v) is 9.46. The maximum atomic E-state index is 14.2. The van der Waals surface area contributed by atoms with Crippen molar-refractivity contribution in [3.63, 3.8) is 0 Å². The van der Waals surface area contributed by atoms with Crippen LogP contribution in [0.25, 0.3) is 22.2 Å². The number of nitrogens with one attached hydrogen (secondary N) is 1. The Balaban J connectivity index is 1.17. The first-order valence-corrected chi connectivity index (χ1v) is 18.2. The molecule has 1 amide bonds. The summed E-state index contributed by atoms with van der Waals surface area (Å²) in [7, 11) is 1.29. The largest absolute Gasteiger partial charge is 0.454 e. The summed E-state index contributed by atoms with van der Waals surface area (Å²) in [5.74, 6) is -1.82. The number of benzene rings is 3. The molecule has 3 aromatic carbocycles. The molecule has 2 aromatic heterocycles. The van der Waals surface area contributed by atoms with Crippen LogP contribution in [0.15, 0.2) is 101 Å². The molecule has 0 radical (unpaired) electrons. The Morgan fingerprint density at radius 3 is 1.95 bits per heavy atom. The number of fused-ring (bicyclic) bond motifs is 3. The summed E-state index contributed by atoms with van der Waals surface area (Å²) in [6.07, 6.45) is -4.83. The highest BCUT2D eigenvalue weighted by Gasteiger charge is 2.53. The number of amides is 1. The van der Waals surface area contributed by atoms with E-state index in [1.54, 1.807) is 54.6 Å². The van der Waals surface area contributed by atoms with E-state index in [0.29, 0.717) is 45.3 Å². The van der Waals surface area contributed by atoms with Gasteiger partial charge in [-0.05, 0) is 49.2 Å². The van der Waals surface area contributed by atoms with E-state index in [4.69, 9.17) is 42.0 Å². The number of aliphatic hydroxyl groups excluding tert-OH is 1. The normalized spacial score (nSPS) is 21.1. The molecule has 0 spiro atoms. The molecule has 298 valence electrons. The van der Waals surface area contributed by atoms with Crippen LogP contribution in [-0.4, -0.2) is 84.3 Å². The summed E-state index contributed by atoms with van der Waals surface area (Å²) in [5.41, 5.74) is 2.61. The number of hydrogen-bond donors (Lipinski definition) is 2. The van der Waals surface area contributed by atoms with Crippen molar-refractivity contribution in [1.29, 1.82) is 0 Å². The standard InChI is InChI=1S/C41H41N3O13/c1-4-10-23(18-33-43-26-12-6-8-14-28(26)52-33)38(46)55-36-35(57-41(48)42-25-16-17-30-31(20-25)51-22-50-30)32(21-45)54-40(49-3)37(36)56-39(47)24(11-5-2)19-34-44-27-13-7-9-15-29(27)53-34/h4-9,12-17,20,23-24,32,35-37,40,45H,1-2,10-11,18-19,21-22H2,3H3,(H,42,48)/t23-,24-,32-,35-,36+,37-,40+/m1/s1. The lowest BCUT2D eigenvalue weighted by atomic mass is 9.96. The Bertz CT molecular complexity index is 2170. The number of hydrogen-bond acceptors (Lipinski definition) is 15. The van der Waals surface area contributed by atoms with Gasteiger partial charge < -0.3 is 47.1 Å². The topological polar surface area (TPSA) is 200 Å². The fourth-order valence-electron chi connectivity index (χ4n) is 6.69. The van der Waals surface area contributed by atoms with Gasteiger partial charge in [0.25, 0.3) is 0 Å². The first-order chi connectivity index (χ1) is 27.8. The smallest absolute Gasteiger partial charge is 0.412 e. The van der Waals surface area contributed by atoms with Crippen molar-refractivity contribution >= 4 is 45.9 Å². The molecular formula is C41H41N3O13. The Morgan fingerprint density at radius 1 is 0.807 bits per heavy atom. The molecule has 0 bridgehead atoms. The Hall–Kier alpha value is -6.23. The van der Waals surface area contributed by atoms with E-state index < -0.39 is 67.2 Å². The van der Waals surface area contributed by atoms with Crippen LogP contribution in [0.3, 0.4) is 0 Å². The number of carbonyl (C=O) groups excluding carboxylic acids is 3. The minimum absolute atomic E-state index is 0.0202. The van der Waals surface area contributed by atoms with Gasteiger partial charge in [0.2, 0.25) is 6.79 Å². The van der Waals surface area contributed by atoms with Crippen LogP contribution in [0.2, 0.25) is 0 Å². The van der Waals surface area contributed by atoms with Gasteiger partial charge in [0.1, 0.15) is 17.1 Å². The van der Waals surface area contributed by atoms with Gasteiger partial charge in [-0.2, -0.15) is 0 Å². The second-order valence-electron chi connectivity index (χ2n) is 13.3. The molecule has 2 N–H and O–H groups in total. The molecule has 2 aliphatic heterocycles. The molecule has 0 unspecified atom stereocenters. The first-order valence-electron chi connectivity index (χ1n) is 18.2. The van der Waals surface area contributed by atoms with Crippen LogP contribution in [0.5, 0.6) is 11.5 Å². The number of ether oxygens (including phenoxy) is 7. The number of carbonyl (C=O) groups is 3. The lowest BCUT2D eigenvalue weighted by Crippen LogP contribution is -2.63. The average molecular weight is 784 g/mol. The van der Waals surface area contributed by atoms with Crippen LogP contribution in [0.4, 0.5) is 10.5 Å². The van der Waals surface area contributed by atoms with Gasteiger partial charge in [0.15, 0.2) is 59.0 Å². The quantitative estimate of drug-likeness (QED) is 0.0704. The summed E-state index contributed by atoms with van der Waals surface area (Å²) >= 11 is 0. The second kappa shape index (κ2) is 17.7. The number of rotatable bonds is 16. The summed E-state index contributed by atoms with van der Waals surface area (Å²) < 4.78 is 52.2. The van der Waals surface area contributed by atoms with Gasteiger partial charge in [-0.25, -0.2) is 14.8 Å². The number of anilines is 1. The van der Waals surface area contributed by atoms with Gasteiger partial charge in [0, 0.05) is 31.7 Å². The van der Waals surface area contributed by atoms with E-state index in [1.165, 1.54) is 13.2 Å². The van der Waals surface area contributed by atoms with Crippen molar-refractivity contribution in [1.82, 2.24) is 9.97 Å². The summed E-state index contributed by atoms with van der Waals surface area (Å²) in [6.45, 7) is 6.92. The van der Waals surface area contributed by atoms with E-state index in [9.17, 15) is 19.5 Å². The second-order valence-corrected chi connectivity index (χ2v) is 13.3. The zero-order valence-corrected chi connectivity index (χ0v) is 30.9. The molecule has 7 atom stereocenters. The van der Waals surface area contributed by atoms with Gasteiger partial charge in [-0.1, -0.05) is 36.4 Å². The van der Waals surface area contributed by atoms with Crippen LogP contribution in [-0.2, 0) is 46.1 Å². The summed E-state index contributed by atoms with van der Waals surface area (Å²) in [6, 6.07) is 19.1. The van der Waals surface area contributed by atoms with Crippen LogP contribution in [0, 0.1) is 11.8 Å². The molecule has 0 saturated carbocycles. The zero-order valence-electron chi connectivity index (χ0n) is 30.9. The monoisotopic (exact) mass is 783 g/mol. The SMILES string of the molecule is C=CC[C@H](Cc1nc2ccccc2o1)C(=O)O[C@@H]1[C@@H](OC(=O)[C@H](CC=C)Cc2nc3ccccc3o2)[C@@H](OC)O[C@H](CO)[C@H]1OC(=O)Nc1ccc2c(c1)OCO2. The number of methoxy groups -OCH3 is 1. The van der Waals surface area contributed by atoms with Gasteiger partial charge in [-0.3, -0.25) is 14.9 Å². The van der Waals surface area contributed by atoms with E-state index in [1.807, 2.05) is 18.2 Å². The average Bonchev–Trinajstić information content (AvgIpc) is 3.96. The van der Waals surface area contributed by atoms with Crippen LogP contribution < -0.4 is 14.8 Å². The third kappa shape index (κ3) is 8.93. The molecule has 0 aliphatic carbocycles. The number of esters is 2. The molecule has 7 rings (SSSR count). The molecule has 1 saturated heterocycles. The number of nitrogens with zero attached hydrogens (tertiary/aromatic N) is 2. The summed E-state index contributed by atoms with van der Waals surface area (Å²) in [4.78, 5) is 50.8. The predicted molar refractivity (Wildman–Crippen MR) is 201 cm³/mol. The van der Waals surface area contributed by atoms with Crippen molar-refractivity contribution in [3.05, 3.63) is 104 Å². The maximum absolute atomic E-state index is 14.2. The fourth-order valence-corrected chi connectivity index (χ4v) is 6.69. The lowest BCUT2D eigenvalue weighted by molar-refractivity contribution is -0.300. The molecule has 2 aliphatic rings. The molecule has 16 heteroatoms. The Morgan fingerprint density at radius 2 is 1.39 bits per heavy atom. The fraction of sp³-hybridized carbons (Fsp3) is 0.341. The molecular weight excluding hydrogens is 742 g/mol. The third-order valence-electron chi connectivity index (χ3n) is 9.46. The van der Waals surface area contributed by atoms with Gasteiger partial charge in [0.05, 0.1) is 18.4 Å². The molecule has 5 aromatic rings. The van der Waals surface area contributed by atoms with Gasteiger partial charge >= 0.3 is 18.0 Å². The van der Waals surface area contributed by atoms with Crippen molar-refractivity contribution < 1.29 is 61.5 Å². The molecule has 57 heavy (non-hydrogen) atoms. The van der Waals surface area contributed by atoms with E-state index in [2.05, 4.69) is 28.4 Å². The molecule has 1 fully saturated rings. The highest BCUT2D eigenvalue weighted by molar-refractivity contribution is 5.85. The van der Waals surface area contributed by atoms with Crippen molar-refractivity contribution in [2.75, 3.05) is 25.8 Å². The zero-order chi connectivity index (χ0) is 39.9. The Kier molecular flexibility index (Phi) is 12.1. The first kappa shape index (κ1) is 39.0. The lowest BCUT2D eigenvalue weighted by Gasteiger charge is -2.44. The van der Waals surface area contributed by atoms with Crippen LogP contribution >= 0.6 is 0 Å². The van der Waals surface area contributed by atoms with Gasteiger partial charge in [-0.15, -0.1) is 13.2 Å². The predicted octanol–water partition coefficient (Wildman–Crippen LogP) is 5.67. The number of para-hydroxylation sites is 4. The number of allylic oxidation sites excluding steroid dienone is 2. The number of aromatic nitrogens is 2. The number of oxazole rings is 2. The highest BCUT2D eigenvalue weighted by Crippen LogP contribution is 2.35. The summed E-state index contributed by atoms with van der Waals surface area (Å²) in [5, 5.41) is 13.1. The minimum Gasteiger partial charge on any atom is -0.454 e. The van der Waals surface area contributed by atoms with Crippen molar-refractivity contribution in [2.45, 2.75) is 56.4 Å². The highest BCUT2D eigenvalue weighted by atomic mass is 16.7. The minimum atomic E-state index is -1.57. The van der Waals surface area contributed by atoms with E-state index in [-0.39, 0.29) is 38.4 Å². The molecule has 4 heterocycles. The van der Waals surface area contributed by atoms with Crippen molar-refractivity contribution in [3.8, 4) is 11.5 Å². The van der Waals surface area contributed by atoms with E-state index >= 15 is 0 Å². The molecule has 16 nitrogen and oxygen atoms in total. The number of aliphatic hydroxyl groups is 1. The van der Waals surface area contributed by atoms with E-state index in [0.717, 1.165) is 0 Å². The van der Waals surface area contributed by atoms with Crippen molar-refractivity contribution in [2.24, 2.45) is 11.8 Å². The maximum Gasteiger partial charge on any atom is 0.412 e.